The highest BCUT2D eigenvalue weighted by atomic mass is 32.2. The highest BCUT2D eigenvalue weighted by Crippen LogP contribution is 2.10. The van der Waals surface area contributed by atoms with Crippen LogP contribution in [0.4, 0.5) is 0 Å². The summed E-state index contributed by atoms with van der Waals surface area (Å²) in [6, 6.07) is 0.0641. The lowest BCUT2D eigenvalue weighted by atomic mass is 10.3. The van der Waals surface area contributed by atoms with Gasteiger partial charge in [-0.05, 0) is 46.7 Å². The van der Waals surface area contributed by atoms with E-state index in [0.717, 1.165) is 25.8 Å². The zero-order valence-electron chi connectivity index (χ0n) is 11.0. The van der Waals surface area contributed by atoms with Crippen molar-refractivity contribution in [3.63, 3.8) is 0 Å². The van der Waals surface area contributed by atoms with Gasteiger partial charge in [0.05, 0.1) is 5.75 Å². The van der Waals surface area contributed by atoms with Crippen molar-refractivity contribution in [2.75, 3.05) is 25.9 Å². The predicted octanol–water partition coefficient (Wildman–Crippen LogP) is 1.44. The van der Waals surface area contributed by atoms with E-state index in [1.165, 1.54) is 0 Å². The van der Waals surface area contributed by atoms with E-state index in [1.807, 2.05) is 27.8 Å². The Morgan fingerprint density at radius 3 is 2.31 bits per heavy atom. The van der Waals surface area contributed by atoms with Gasteiger partial charge in [-0.3, -0.25) is 0 Å². The number of rotatable bonds is 9. The SMILES string of the molecule is CCCN(C(C)C)S(=O)(=O)CCCCNC. The second-order valence-corrected chi connectivity index (χ2v) is 6.37. The van der Waals surface area contributed by atoms with Crippen molar-refractivity contribution in [1.29, 1.82) is 0 Å². The molecule has 16 heavy (non-hydrogen) atoms. The Hall–Kier alpha value is -0.130. The summed E-state index contributed by atoms with van der Waals surface area (Å²) >= 11 is 0. The molecule has 1 N–H and O–H groups in total. The lowest BCUT2D eigenvalue weighted by molar-refractivity contribution is 0.353. The molecule has 5 heteroatoms. The minimum absolute atomic E-state index is 0.0641. The number of hydrogen-bond acceptors (Lipinski definition) is 3. The highest BCUT2D eigenvalue weighted by Gasteiger charge is 2.23. The molecule has 0 fully saturated rings. The van der Waals surface area contributed by atoms with Crippen LogP contribution in [-0.4, -0.2) is 44.7 Å². The quantitative estimate of drug-likeness (QED) is 0.630. The summed E-state index contributed by atoms with van der Waals surface area (Å²) in [5, 5.41) is 3.02. The van der Waals surface area contributed by atoms with Crippen molar-refractivity contribution in [2.24, 2.45) is 0 Å². The van der Waals surface area contributed by atoms with Gasteiger partial charge in [0.2, 0.25) is 10.0 Å². The fourth-order valence-corrected chi connectivity index (χ4v) is 3.55. The first-order chi connectivity index (χ1) is 7.45. The normalized spacial score (nSPS) is 12.6. The van der Waals surface area contributed by atoms with E-state index < -0.39 is 10.0 Å². The van der Waals surface area contributed by atoms with Crippen molar-refractivity contribution in [3.05, 3.63) is 0 Å². The van der Waals surface area contributed by atoms with E-state index in [0.29, 0.717) is 6.54 Å². The summed E-state index contributed by atoms with van der Waals surface area (Å²) in [6.07, 6.45) is 2.51. The monoisotopic (exact) mass is 250 g/mol. The van der Waals surface area contributed by atoms with Crippen LogP contribution in [0.3, 0.4) is 0 Å². The molecule has 0 saturated carbocycles. The van der Waals surface area contributed by atoms with Crippen LogP contribution >= 0.6 is 0 Å². The Labute approximate surface area is 100 Å². The molecule has 0 aliphatic heterocycles. The van der Waals surface area contributed by atoms with Crippen molar-refractivity contribution in [1.82, 2.24) is 9.62 Å². The van der Waals surface area contributed by atoms with Gasteiger partial charge in [0.25, 0.3) is 0 Å². The summed E-state index contributed by atoms with van der Waals surface area (Å²) < 4.78 is 25.7. The number of nitrogens with one attached hydrogen (secondary N) is 1. The van der Waals surface area contributed by atoms with Gasteiger partial charge in [-0.1, -0.05) is 6.92 Å². The van der Waals surface area contributed by atoms with Gasteiger partial charge in [0, 0.05) is 12.6 Å². The molecule has 0 aliphatic rings. The molecule has 0 saturated heterocycles. The molecule has 98 valence electrons. The first-order valence-electron chi connectivity index (χ1n) is 6.09. The first-order valence-corrected chi connectivity index (χ1v) is 7.70. The van der Waals surface area contributed by atoms with E-state index in [9.17, 15) is 8.42 Å². The molecule has 0 radical (unpaired) electrons. The number of sulfonamides is 1. The Bertz CT molecular complexity index is 263. The lowest BCUT2D eigenvalue weighted by Crippen LogP contribution is -2.39. The maximum absolute atomic E-state index is 12.0. The van der Waals surface area contributed by atoms with Gasteiger partial charge < -0.3 is 5.32 Å². The Morgan fingerprint density at radius 2 is 1.88 bits per heavy atom. The zero-order valence-corrected chi connectivity index (χ0v) is 11.8. The predicted molar refractivity (Wildman–Crippen MR) is 69.1 cm³/mol. The molecular formula is C11H26N2O2S. The van der Waals surface area contributed by atoms with Gasteiger partial charge in [-0.25, -0.2) is 8.42 Å². The number of hydrogen-bond donors (Lipinski definition) is 1. The van der Waals surface area contributed by atoms with Crippen molar-refractivity contribution < 1.29 is 8.42 Å². The van der Waals surface area contributed by atoms with E-state index >= 15 is 0 Å². The summed E-state index contributed by atoms with van der Waals surface area (Å²) in [7, 11) is -1.18. The fourth-order valence-electron chi connectivity index (χ4n) is 1.64. The summed E-state index contributed by atoms with van der Waals surface area (Å²) in [6.45, 7) is 7.38. The minimum atomic E-state index is -3.06. The molecule has 0 heterocycles. The van der Waals surface area contributed by atoms with Crippen LogP contribution in [0.2, 0.25) is 0 Å². The number of nitrogens with zero attached hydrogens (tertiary/aromatic N) is 1. The Morgan fingerprint density at radius 1 is 1.25 bits per heavy atom. The molecule has 0 atom stereocenters. The molecule has 0 aromatic rings. The second-order valence-electron chi connectivity index (χ2n) is 4.33. The Balaban J connectivity index is 4.26. The van der Waals surface area contributed by atoms with E-state index in [1.54, 1.807) is 4.31 Å². The molecular weight excluding hydrogens is 224 g/mol. The van der Waals surface area contributed by atoms with Gasteiger partial charge in [-0.15, -0.1) is 0 Å². The molecule has 0 aromatic carbocycles. The molecule has 4 nitrogen and oxygen atoms in total. The van der Waals surface area contributed by atoms with Crippen molar-refractivity contribution in [2.45, 2.75) is 46.1 Å². The average molecular weight is 250 g/mol. The third kappa shape index (κ3) is 5.82. The second kappa shape index (κ2) is 8.03. The average Bonchev–Trinajstić information content (AvgIpc) is 2.20. The van der Waals surface area contributed by atoms with Crippen molar-refractivity contribution >= 4 is 10.0 Å². The van der Waals surface area contributed by atoms with E-state index in [2.05, 4.69) is 5.32 Å². The standard InChI is InChI=1S/C11H26N2O2S/c1-5-9-13(11(2)3)16(14,15)10-7-6-8-12-4/h11-12H,5-10H2,1-4H3. The molecule has 0 spiro atoms. The van der Waals surface area contributed by atoms with Crippen LogP contribution in [0.15, 0.2) is 0 Å². The largest absolute Gasteiger partial charge is 0.320 e. The molecule has 0 unspecified atom stereocenters. The summed E-state index contributed by atoms with van der Waals surface area (Å²) in [4.78, 5) is 0. The van der Waals surface area contributed by atoms with Gasteiger partial charge in [0.15, 0.2) is 0 Å². The maximum Gasteiger partial charge on any atom is 0.214 e. The summed E-state index contributed by atoms with van der Waals surface area (Å²) in [5.74, 6) is 0.271. The van der Waals surface area contributed by atoms with Crippen LogP contribution in [0, 0.1) is 0 Å². The molecule has 0 rings (SSSR count). The third-order valence-electron chi connectivity index (χ3n) is 2.46. The third-order valence-corrected chi connectivity index (χ3v) is 4.58. The Kier molecular flexibility index (Phi) is 7.97. The van der Waals surface area contributed by atoms with Crippen LogP contribution in [0.5, 0.6) is 0 Å². The smallest absolute Gasteiger partial charge is 0.214 e. The maximum atomic E-state index is 12.0. The summed E-state index contributed by atoms with van der Waals surface area (Å²) in [5.41, 5.74) is 0. The molecule has 0 bridgehead atoms. The fraction of sp³-hybridized carbons (Fsp3) is 1.00. The highest BCUT2D eigenvalue weighted by molar-refractivity contribution is 7.89. The first kappa shape index (κ1) is 15.9. The van der Waals surface area contributed by atoms with Gasteiger partial charge in [-0.2, -0.15) is 4.31 Å². The molecule has 0 aromatic heterocycles. The molecule has 0 aliphatic carbocycles. The number of unbranched alkanes of at least 4 members (excludes halogenated alkanes) is 1. The lowest BCUT2D eigenvalue weighted by Gasteiger charge is -2.25. The van der Waals surface area contributed by atoms with Crippen LogP contribution in [-0.2, 0) is 10.0 Å². The van der Waals surface area contributed by atoms with Crippen molar-refractivity contribution in [3.8, 4) is 0 Å². The van der Waals surface area contributed by atoms with Crippen LogP contribution in [0.25, 0.3) is 0 Å². The van der Waals surface area contributed by atoms with E-state index in [-0.39, 0.29) is 11.8 Å². The minimum Gasteiger partial charge on any atom is -0.320 e. The van der Waals surface area contributed by atoms with Gasteiger partial charge in [0.1, 0.15) is 0 Å². The van der Waals surface area contributed by atoms with Crippen LogP contribution < -0.4 is 5.32 Å². The zero-order chi connectivity index (χ0) is 12.6. The van der Waals surface area contributed by atoms with E-state index in [4.69, 9.17) is 0 Å². The molecule has 0 amide bonds. The van der Waals surface area contributed by atoms with Gasteiger partial charge >= 0.3 is 0 Å². The topological polar surface area (TPSA) is 49.4 Å². The van der Waals surface area contributed by atoms with Crippen LogP contribution in [0.1, 0.15) is 40.0 Å².